The van der Waals surface area contributed by atoms with E-state index in [4.69, 9.17) is 0 Å². The first-order valence-corrected chi connectivity index (χ1v) is 8.87. The molecule has 5 nitrogen and oxygen atoms in total. The summed E-state index contributed by atoms with van der Waals surface area (Å²) in [5, 5.41) is 9.01. The van der Waals surface area contributed by atoms with Gasteiger partial charge < -0.3 is 10.6 Å². The highest BCUT2D eigenvalue weighted by molar-refractivity contribution is 7.18. The van der Waals surface area contributed by atoms with Gasteiger partial charge in [0.15, 0.2) is 0 Å². The monoisotopic (exact) mass is 345 g/mol. The second-order valence-electron chi connectivity index (χ2n) is 5.90. The summed E-state index contributed by atoms with van der Waals surface area (Å²) in [6.45, 7) is 5.01. The van der Waals surface area contributed by atoms with Gasteiger partial charge in [0.05, 0.1) is 9.88 Å². The fraction of sp³-hybridized carbons (Fsp3) is 0.333. The zero-order valence-corrected chi connectivity index (χ0v) is 14.8. The van der Waals surface area contributed by atoms with Gasteiger partial charge in [0.1, 0.15) is 0 Å². The lowest BCUT2D eigenvalue weighted by atomic mass is 10.1. The highest BCUT2D eigenvalue weighted by Gasteiger charge is 2.10. The number of carbonyl (C=O) groups is 2. The molecule has 0 fully saturated rings. The van der Waals surface area contributed by atoms with Gasteiger partial charge in [-0.1, -0.05) is 32.0 Å². The van der Waals surface area contributed by atoms with Crippen molar-refractivity contribution >= 4 is 34.0 Å². The number of thiophene rings is 1. The molecule has 6 heteroatoms. The predicted octanol–water partition coefficient (Wildman–Crippen LogP) is 4.56. The Morgan fingerprint density at radius 2 is 1.79 bits per heavy atom. The second-order valence-corrected chi connectivity index (χ2v) is 6.98. The van der Waals surface area contributed by atoms with Crippen molar-refractivity contribution in [2.75, 3.05) is 17.2 Å². The SMILES string of the molecule is CC(C)CCCNC(=O)c1ccc(NC(=O)Nc2ccccc2)s1. The van der Waals surface area contributed by atoms with Gasteiger partial charge in [-0.25, -0.2) is 4.79 Å². The fourth-order valence-electron chi connectivity index (χ4n) is 2.12. The third kappa shape index (κ3) is 6.04. The van der Waals surface area contributed by atoms with Crippen LogP contribution in [0.2, 0.25) is 0 Å². The van der Waals surface area contributed by atoms with Gasteiger partial charge in [0.25, 0.3) is 5.91 Å². The predicted molar refractivity (Wildman–Crippen MR) is 99.8 cm³/mol. The molecule has 1 aromatic heterocycles. The largest absolute Gasteiger partial charge is 0.351 e. The smallest absolute Gasteiger partial charge is 0.324 e. The quantitative estimate of drug-likeness (QED) is 0.644. The molecule has 3 N–H and O–H groups in total. The molecule has 0 saturated carbocycles. The maximum absolute atomic E-state index is 12.1. The maximum Gasteiger partial charge on any atom is 0.324 e. The van der Waals surface area contributed by atoms with Crippen LogP contribution in [-0.4, -0.2) is 18.5 Å². The number of para-hydroxylation sites is 1. The Hall–Kier alpha value is -2.34. The lowest BCUT2D eigenvalue weighted by molar-refractivity contribution is 0.0956. The summed E-state index contributed by atoms with van der Waals surface area (Å²) in [7, 11) is 0. The minimum Gasteiger partial charge on any atom is -0.351 e. The summed E-state index contributed by atoms with van der Waals surface area (Å²) in [6.07, 6.45) is 2.07. The number of urea groups is 1. The molecular formula is C18H23N3O2S. The molecule has 0 bridgehead atoms. The standard InChI is InChI=1S/C18H23N3O2S/c1-13(2)7-6-12-19-17(22)15-10-11-16(24-15)21-18(23)20-14-8-4-3-5-9-14/h3-5,8-11,13H,6-7,12H2,1-2H3,(H,19,22)(H2,20,21,23). The summed E-state index contributed by atoms with van der Waals surface area (Å²) < 4.78 is 0. The van der Waals surface area contributed by atoms with Gasteiger partial charge in [-0.15, -0.1) is 11.3 Å². The van der Waals surface area contributed by atoms with Crippen LogP contribution >= 0.6 is 11.3 Å². The first-order valence-electron chi connectivity index (χ1n) is 8.05. The van der Waals surface area contributed by atoms with Gasteiger partial charge in [-0.05, 0) is 43.0 Å². The highest BCUT2D eigenvalue weighted by atomic mass is 32.1. The molecule has 0 aliphatic carbocycles. The number of nitrogens with one attached hydrogen (secondary N) is 3. The minimum absolute atomic E-state index is 0.0970. The van der Waals surface area contributed by atoms with Crippen molar-refractivity contribution in [3.63, 3.8) is 0 Å². The Bertz CT molecular complexity index is 668. The minimum atomic E-state index is -0.327. The number of benzene rings is 1. The van der Waals surface area contributed by atoms with Gasteiger partial charge in [0, 0.05) is 12.2 Å². The number of amides is 3. The third-order valence-corrected chi connectivity index (χ3v) is 4.34. The van der Waals surface area contributed by atoms with Gasteiger partial charge in [0.2, 0.25) is 0 Å². The van der Waals surface area contributed by atoms with Crippen molar-refractivity contribution < 1.29 is 9.59 Å². The van der Waals surface area contributed by atoms with Crippen LogP contribution in [0.25, 0.3) is 0 Å². The molecular weight excluding hydrogens is 322 g/mol. The Morgan fingerprint density at radius 1 is 1.04 bits per heavy atom. The van der Waals surface area contributed by atoms with Gasteiger partial charge in [-0.2, -0.15) is 0 Å². The molecule has 3 amide bonds. The molecule has 2 rings (SSSR count). The molecule has 0 aliphatic rings. The lowest BCUT2D eigenvalue weighted by Crippen LogP contribution is -2.23. The average molecular weight is 345 g/mol. The van der Waals surface area contributed by atoms with Crippen LogP contribution in [0.4, 0.5) is 15.5 Å². The van der Waals surface area contributed by atoms with Crippen LogP contribution < -0.4 is 16.0 Å². The molecule has 128 valence electrons. The van der Waals surface area contributed by atoms with E-state index in [-0.39, 0.29) is 11.9 Å². The summed E-state index contributed by atoms with van der Waals surface area (Å²) >= 11 is 1.26. The molecule has 1 aromatic carbocycles. The lowest BCUT2D eigenvalue weighted by Gasteiger charge is -2.06. The van der Waals surface area contributed by atoms with Crippen molar-refractivity contribution in [1.82, 2.24) is 5.32 Å². The van der Waals surface area contributed by atoms with Crippen LogP contribution in [0.15, 0.2) is 42.5 Å². The van der Waals surface area contributed by atoms with Crippen LogP contribution in [0.1, 0.15) is 36.4 Å². The first kappa shape index (κ1) is 18.0. The molecule has 0 spiro atoms. The summed E-state index contributed by atoms with van der Waals surface area (Å²) in [5.74, 6) is 0.544. The van der Waals surface area contributed by atoms with Crippen molar-refractivity contribution in [3.05, 3.63) is 47.3 Å². The fourth-order valence-corrected chi connectivity index (χ4v) is 2.94. The van der Waals surface area contributed by atoms with Crippen molar-refractivity contribution in [2.45, 2.75) is 26.7 Å². The van der Waals surface area contributed by atoms with E-state index in [0.717, 1.165) is 18.5 Å². The number of hydrogen-bond acceptors (Lipinski definition) is 3. The van der Waals surface area contributed by atoms with Crippen molar-refractivity contribution in [2.24, 2.45) is 5.92 Å². The van der Waals surface area contributed by atoms with Crippen LogP contribution in [0.5, 0.6) is 0 Å². The zero-order chi connectivity index (χ0) is 17.4. The molecule has 0 saturated heterocycles. The molecule has 24 heavy (non-hydrogen) atoms. The average Bonchev–Trinajstić information content (AvgIpc) is 3.00. The Kier molecular flexibility index (Phi) is 6.81. The normalized spacial score (nSPS) is 10.5. The summed E-state index contributed by atoms with van der Waals surface area (Å²) in [6, 6.07) is 12.3. The summed E-state index contributed by atoms with van der Waals surface area (Å²) in [4.78, 5) is 24.6. The van der Waals surface area contributed by atoms with Crippen LogP contribution in [0, 0.1) is 5.92 Å². The third-order valence-electron chi connectivity index (χ3n) is 3.34. The molecule has 1 heterocycles. The molecule has 2 aromatic rings. The van der Waals surface area contributed by atoms with Crippen LogP contribution in [-0.2, 0) is 0 Å². The van der Waals surface area contributed by atoms with Crippen molar-refractivity contribution in [3.8, 4) is 0 Å². The maximum atomic E-state index is 12.1. The van der Waals surface area contributed by atoms with Crippen molar-refractivity contribution in [1.29, 1.82) is 0 Å². The second kappa shape index (κ2) is 9.08. The van der Waals surface area contributed by atoms with Gasteiger partial charge >= 0.3 is 6.03 Å². The van der Waals surface area contributed by atoms with Gasteiger partial charge in [-0.3, -0.25) is 10.1 Å². The summed E-state index contributed by atoms with van der Waals surface area (Å²) in [5.41, 5.74) is 0.717. The van der Waals surface area contributed by atoms with E-state index >= 15 is 0 Å². The first-order chi connectivity index (χ1) is 11.5. The highest BCUT2D eigenvalue weighted by Crippen LogP contribution is 2.22. The van der Waals surface area contributed by atoms with E-state index < -0.39 is 0 Å². The Labute approximate surface area is 146 Å². The molecule has 0 unspecified atom stereocenters. The zero-order valence-electron chi connectivity index (χ0n) is 14.0. The molecule has 0 aliphatic heterocycles. The number of carbonyl (C=O) groups excluding carboxylic acids is 2. The Morgan fingerprint density at radius 3 is 2.50 bits per heavy atom. The number of rotatable bonds is 7. The van der Waals surface area contributed by atoms with E-state index in [2.05, 4.69) is 29.8 Å². The van der Waals surface area contributed by atoms with E-state index in [1.807, 2.05) is 30.3 Å². The van der Waals surface area contributed by atoms with E-state index in [1.165, 1.54) is 11.3 Å². The number of hydrogen-bond donors (Lipinski definition) is 3. The van der Waals surface area contributed by atoms with E-state index in [0.29, 0.717) is 22.3 Å². The molecule has 0 atom stereocenters. The van der Waals surface area contributed by atoms with Crippen LogP contribution in [0.3, 0.4) is 0 Å². The topological polar surface area (TPSA) is 70.2 Å². The number of anilines is 2. The van der Waals surface area contributed by atoms with E-state index in [1.54, 1.807) is 12.1 Å². The Balaban J connectivity index is 1.79. The van der Waals surface area contributed by atoms with E-state index in [9.17, 15) is 9.59 Å². The molecule has 0 radical (unpaired) electrons.